The van der Waals surface area contributed by atoms with Gasteiger partial charge in [0.1, 0.15) is 39.6 Å². The number of rotatable bonds is 57. The van der Waals surface area contributed by atoms with Crippen LogP contribution in [-0.4, -0.2) is 200 Å². The maximum atomic E-state index is 12.4. The molecule has 0 radical (unpaired) electrons. The summed E-state index contributed by atoms with van der Waals surface area (Å²) in [6.07, 6.45) is 9.02. The molecule has 0 heterocycles. The average molecular weight is 1560 g/mol. The van der Waals surface area contributed by atoms with Gasteiger partial charge in [-0.1, -0.05) is 60.2 Å². The molecule has 0 rings (SSSR count). The van der Waals surface area contributed by atoms with E-state index in [0.29, 0.717) is 56.7 Å². The summed E-state index contributed by atoms with van der Waals surface area (Å²) >= 11 is 0. The van der Waals surface area contributed by atoms with Crippen LogP contribution in [0.1, 0.15) is 59.3 Å². The zero-order valence-corrected chi connectivity index (χ0v) is 73.9. The van der Waals surface area contributed by atoms with Gasteiger partial charge in [-0.05, 0) is 181 Å². The molecule has 0 spiro atoms. The minimum Gasteiger partial charge on any atom is -0.462 e. The van der Waals surface area contributed by atoms with E-state index >= 15 is 0 Å². The van der Waals surface area contributed by atoms with Gasteiger partial charge in [-0.2, -0.15) is 0 Å². The number of ether oxygens (including phenoxy) is 9. The van der Waals surface area contributed by atoms with Crippen molar-refractivity contribution in [2.45, 2.75) is 202 Å². The molecule has 0 aromatic heterocycles. The maximum Gasteiger partial charge on any atom is 0.330 e. The van der Waals surface area contributed by atoms with Crippen molar-refractivity contribution >= 4 is 121 Å². The third kappa shape index (κ3) is 41.3. The van der Waals surface area contributed by atoms with Crippen molar-refractivity contribution in [1.29, 1.82) is 0 Å². The first-order valence-electron chi connectivity index (χ1n) is 33.7. The van der Waals surface area contributed by atoms with Gasteiger partial charge in [0, 0.05) is 56.3 Å². The summed E-state index contributed by atoms with van der Waals surface area (Å²) in [7, 11) is -29.7. The minimum atomic E-state index is -3.59. The van der Waals surface area contributed by atoms with E-state index in [-0.39, 0.29) is 79.3 Å². The van der Waals surface area contributed by atoms with Gasteiger partial charge >= 0.3 is 104 Å². The molecule has 0 aliphatic rings. The van der Waals surface area contributed by atoms with Crippen LogP contribution in [0.4, 0.5) is 0 Å². The van der Waals surface area contributed by atoms with Gasteiger partial charge in [-0.25, -0.2) is 28.8 Å². The third-order valence-electron chi connectivity index (χ3n) is 14.7. The van der Waals surface area contributed by atoms with Gasteiger partial charge < -0.3 is 79.7 Å². The SMILES string of the molecule is C=CC(=O)OCC(CC)(COCCC[Si](C)(O[Si](C)(C)C)O[Si](C)(CCCOCC(CC)(COC(=O)C=C)COC(=O)C=C)O[Si](C)(CCCOCC(CC)(COC(=O)C=C)COC(=O)C=C)O[Si](C)(C)O[Si](C)(C)O[Si](C)(C)O[Si](C)(C)O[Si](C)(C)O[Si](C)(C)C)COC(=O)C=C. The lowest BCUT2D eigenvalue weighted by molar-refractivity contribution is -0.153. The fourth-order valence-corrected chi connectivity index (χ4v) is 61.6. The standard InChI is InChI=1S/C64H126O24Si10/c1-29-56(65)74-50-62(35-7,51-75-57(66)30-2)47-71-41-38-44-96(26,81-90(13,14)15)87-98(28,46-40-43-73-49-64(37-9,54-78-60(69)33-5)55-79-61(70)34-6)88-97(27,45-39-42-72-48-63(36-8,52-76-58(67)31-3)53-77-59(68)32-4)86-95(24,25)85-94(22,23)84-93(20,21)83-92(18,19)82-91(16,17)80-89(10,11)12/h29-34H,1-6,35-55H2,7-28H3. The molecular formula is C64H126O24Si10. The molecule has 0 saturated heterocycles. The normalized spacial score (nSPS) is 14.9. The molecule has 3 unspecified atom stereocenters. The first-order chi connectivity index (χ1) is 44.9. The van der Waals surface area contributed by atoms with Crippen LogP contribution in [0.3, 0.4) is 0 Å². The molecule has 0 bridgehead atoms. The molecule has 98 heavy (non-hydrogen) atoms. The van der Waals surface area contributed by atoms with E-state index in [2.05, 4.69) is 91.8 Å². The molecule has 566 valence electrons. The smallest absolute Gasteiger partial charge is 0.330 e. The Morgan fingerprint density at radius 3 is 0.673 bits per heavy atom. The van der Waals surface area contributed by atoms with E-state index in [1.54, 1.807) is 0 Å². The van der Waals surface area contributed by atoms with Crippen molar-refractivity contribution in [2.75, 3.05) is 79.3 Å². The van der Waals surface area contributed by atoms with Crippen LogP contribution in [0, 0.1) is 16.2 Å². The Bertz CT molecular complexity index is 2500. The van der Waals surface area contributed by atoms with Crippen molar-refractivity contribution in [3.63, 3.8) is 0 Å². The molecule has 34 heteroatoms. The van der Waals surface area contributed by atoms with Gasteiger partial charge in [0.25, 0.3) is 0 Å². The van der Waals surface area contributed by atoms with E-state index in [1.165, 1.54) is 0 Å². The third-order valence-corrected chi connectivity index (χ3v) is 53.4. The number of esters is 6. The largest absolute Gasteiger partial charge is 0.462 e. The number of hydrogen-bond donors (Lipinski definition) is 0. The lowest BCUT2D eigenvalue weighted by atomic mass is 9.88. The molecule has 0 aromatic carbocycles. The van der Waals surface area contributed by atoms with Crippen LogP contribution in [0.25, 0.3) is 0 Å². The lowest BCUT2D eigenvalue weighted by Gasteiger charge is -2.46. The Morgan fingerprint density at radius 2 is 0.469 bits per heavy atom. The predicted octanol–water partition coefficient (Wildman–Crippen LogP) is 13.3. The summed E-state index contributed by atoms with van der Waals surface area (Å²) in [6, 6.07) is 1.23. The van der Waals surface area contributed by atoms with Crippen LogP contribution in [0.2, 0.25) is 143 Å². The highest BCUT2D eigenvalue weighted by Gasteiger charge is 2.54. The summed E-state index contributed by atoms with van der Waals surface area (Å²) in [5.41, 5.74) is -2.70. The summed E-state index contributed by atoms with van der Waals surface area (Å²) in [4.78, 5) is 74.0. The average Bonchev–Trinajstić information content (AvgIpc) is 0.791. The monoisotopic (exact) mass is 1560 g/mol. The summed E-state index contributed by atoms with van der Waals surface area (Å²) < 4.78 is 117. The zero-order valence-electron chi connectivity index (χ0n) is 63.9. The van der Waals surface area contributed by atoms with Crippen molar-refractivity contribution in [2.24, 2.45) is 16.2 Å². The van der Waals surface area contributed by atoms with E-state index < -0.39 is 137 Å². The van der Waals surface area contributed by atoms with Crippen molar-refractivity contribution < 1.29 is 108 Å². The van der Waals surface area contributed by atoms with Crippen LogP contribution in [-0.2, 0) is 108 Å². The molecule has 24 nitrogen and oxygen atoms in total. The molecule has 0 saturated carbocycles. The van der Waals surface area contributed by atoms with Crippen LogP contribution >= 0.6 is 0 Å². The molecule has 0 amide bonds. The topological polar surface area (TPSA) is 269 Å². The highest BCUT2D eigenvalue weighted by Crippen LogP contribution is 2.37. The van der Waals surface area contributed by atoms with E-state index in [9.17, 15) is 28.8 Å². The van der Waals surface area contributed by atoms with Crippen molar-refractivity contribution in [1.82, 2.24) is 0 Å². The second-order valence-corrected chi connectivity index (χ2v) is 67.5. The van der Waals surface area contributed by atoms with Gasteiger partial charge in [0.05, 0.1) is 36.1 Å². The Balaban J connectivity index is 8.05. The highest BCUT2D eigenvalue weighted by molar-refractivity contribution is 6.93. The molecule has 0 aromatic rings. The number of carbonyl (C=O) groups excluding carboxylic acids is 6. The molecule has 0 N–H and O–H groups in total. The Kier molecular flexibility index (Phi) is 41.3. The van der Waals surface area contributed by atoms with Crippen LogP contribution in [0.5, 0.6) is 0 Å². The van der Waals surface area contributed by atoms with Crippen molar-refractivity contribution in [3.8, 4) is 0 Å². The zero-order chi connectivity index (χ0) is 75.8. The van der Waals surface area contributed by atoms with Gasteiger partial charge in [-0.3, -0.25) is 0 Å². The fourth-order valence-electron chi connectivity index (χ4n) is 11.0. The van der Waals surface area contributed by atoms with Gasteiger partial charge in [0.15, 0.2) is 16.6 Å². The summed E-state index contributed by atoms with van der Waals surface area (Å²) in [5.74, 6) is -3.78. The van der Waals surface area contributed by atoms with Gasteiger partial charge in [-0.15, -0.1) is 0 Å². The lowest BCUT2D eigenvalue weighted by Crippen LogP contribution is -2.63. The molecular weight excluding hydrogens is 1430 g/mol. The van der Waals surface area contributed by atoms with Gasteiger partial charge in [0.2, 0.25) is 0 Å². The quantitative estimate of drug-likeness (QED) is 0.0180. The Morgan fingerprint density at radius 1 is 0.276 bits per heavy atom. The van der Waals surface area contributed by atoms with Crippen LogP contribution < -0.4 is 0 Å². The Hall–Kier alpha value is -3.05. The highest BCUT2D eigenvalue weighted by atomic mass is 28.5. The maximum absolute atomic E-state index is 12.4. The Labute approximate surface area is 599 Å². The number of hydrogen-bond acceptors (Lipinski definition) is 24. The van der Waals surface area contributed by atoms with E-state index in [0.717, 1.165) is 36.5 Å². The molecule has 0 aliphatic heterocycles. The molecule has 0 aliphatic carbocycles. The summed E-state index contributed by atoms with van der Waals surface area (Å²) in [5, 5.41) is 0. The minimum absolute atomic E-state index is 0.0571. The van der Waals surface area contributed by atoms with E-state index in [1.807, 2.05) is 92.8 Å². The second kappa shape index (κ2) is 42.7. The fraction of sp³-hybridized carbons (Fsp3) is 0.719. The second-order valence-electron chi connectivity index (χ2n) is 29.4. The molecule has 0 fully saturated rings. The predicted molar refractivity (Wildman–Crippen MR) is 405 cm³/mol. The first-order valence-corrected chi connectivity index (χ1v) is 62.2. The first kappa shape index (κ1) is 94.9. The van der Waals surface area contributed by atoms with Crippen molar-refractivity contribution in [3.05, 3.63) is 75.9 Å². The molecule has 3 atom stereocenters. The van der Waals surface area contributed by atoms with Crippen LogP contribution in [0.15, 0.2) is 75.9 Å². The summed E-state index contributed by atoms with van der Waals surface area (Å²) in [6.45, 7) is 66.0. The number of carbonyl (C=O) groups is 6. The van der Waals surface area contributed by atoms with E-state index in [4.69, 9.17) is 79.7 Å².